The molecule has 132 valence electrons. The maximum Gasteiger partial charge on any atom is 0.286 e. The third-order valence-electron chi connectivity index (χ3n) is 4.56. The summed E-state index contributed by atoms with van der Waals surface area (Å²) in [6.45, 7) is 6.33. The molecule has 0 spiro atoms. The summed E-state index contributed by atoms with van der Waals surface area (Å²) >= 11 is 6.03. The predicted octanol–water partition coefficient (Wildman–Crippen LogP) is 2.21. The van der Waals surface area contributed by atoms with Crippen LogP contribution in [0.3, 0.4) is 0 Å². The maximum atomic E-state index is 11.4. The van der Waals surface area contributed by atoms with E-state index in [2.05, 4.69) is 26.3 Å². The van der Waals surface area contributed by atoms with Crippen molar-refractivity contribution in [3.63, 3.8) is 0 Å². The topological polar surface area (TPSA) is 84.1 Å². The fourth-order valence-corrected chi connectivity index (χ4v) is 3.27. The lowest BCUT2D eigenvalue weighted by atomic mass is 10.2. The standard InChI is InChI=1S/C18H22ClN5O/c1-11-12(2)22-17(16(20)25)23-18(11)24-7-6-15(10-24)21-9-13-4-3-5-14(19)8-13/h3-5,8,15,21H,6-7,9-10H2,1-2H3,(H2,20,25)/t15-/m1/s1. The molecule has 0 aliphatic carbocycles. The summed E-state index contributed by atoms with van der Waals surface area (Å²) in [7, 11) is 0. The van der Waals surface area contributed by atoms with Crippen LogP contribution in [0.15, 0.2) is 24.3 Å². The van der Waals surface area contributed by atoms with Crippen molar-refractivity contribution in [3.8, 4) is 0 Å². The van der Waals surface area contributed by atoms with Gasteiger partial charge >= 0.3 is 0 Å². The molecule has 1 amide bonds. The molecule has 0 saturated carbocycles. The summed E-state index contributed by atoms with van der Waals surface area (Å²) in [6, 6.07) is 8.21. The van der Waals surface area contributed by atoms with Gasteiger partial charge in [0.1, 0.15) is 5.82 Å². The summed E-state index contributed by atoms with van der Waals surface area (Å²) in [4.78, 5) is 22.2. The average molecular weight is 360 g/mol. The second-order valence-electron chi connectivity index (χ2n) is 6.39. The molecule has 3 N–H and O–H groups in total. The zero-order valence-electron chi connectivity index (χ0n) is 14.4. The van der Waals surface area contributed by atoms with Gasteiger partial charge in [-0.05, 0) is 38.0 Å². The van der Waals surface area contributed by atoms with E-state index in [1.807, 2.05) is 32.0 Å². The number of aryl methyl sites for hydroxylation is 1. The summed E-state index contributed by atoms with van der Waals surface area (Å²) in [5.41, 5.74) is 8.28. The number of hydrogen-bond acceptors (Lipinski definition) is 5. The van der Waals surface area contributed by atoms with Crippen molar-refractivity contribution < 1.29 is 4.79 Å². The number of primary amides is 1. The third-order valence-corrected chi connectivity index (χ3v) is 4.79. The van der Waals surface area contributed by atoms with Crippen LogP contribution in [0.1, 0.15) is 33.9 Å². The van der Waals surface area contributed by atoms with E-state index in [0.29, 0.717) is 6.04 Å². The average Bonchev–Trinajstić information content (AvgIpc) is 3.04. The first kappa shape index (κ1) is 17.6. The van der Waals surface area contributed by atoms with Crippen LogP contribution in [-0.2, 0) is 6.54 Å². The van der Waals surface area contributed by atoms with Crippen molar-refractivity contribution in [3.05, 3.63) is 51.9 Å². The molecule has 1 aromatic heterocycles. The minimum Gasteiger partial charge on any atom is -0.363 e. The smallest absolute Gasteiger partial charge is 0.286 e. The first-order valence-corrected chi connectivity index (χ1v) is 8.69. The highest BCUT2D eigenvalue weighted by atomic mass is 35.5. The van der Waals surface area contributed by atoms with Crippen molar-refractivity contribution >= 4 is 23.3 Å². The largest absolute Gasteiger partial charge is 0.363 e. The van der Waals surface area contributed by atoms with Crippen LogP contribution in [-0.4, -0.2) is 35.0 Å². The summed E-state index contributed by atoms with van der Waals surface area (Å²) in [5.74, 6) is 0.279. The Morgan fingerprint density at radius 1 is 1.40 bits per heavy atom. The lowest BCUT2D eigenvalue weighted by Crippen LogP contribution is -2.33. The molecule has 6 nitrogen and oxygen atoms in total. The zero-order chi connectivity index (χ0) is 18.0. The molecule has 2 heterocycles. The summed E-state index contributed by atoms with van der Waals surface area (Å²) in [5, 5.41) is 4.31. The quantitative estimate of drug-likeness (QED) is 0.855. The number of carbonyl (C=O) groups is 1. The van der Waals surface area contributed by atoms with E-state index in [1.54, 1.807) is 0 Å². The SMILES string of the molecule is Cc1nc(C(N)=O)nc(N2CC[C@@H](NCc3cccc(Cl)c3)C2)c1C. The number of benzene rings is 1. The molecule has 2 aromatic rings. The minimum absolute atomic E-state index is 0.0773. The van der Waals surface area contributed by atoms with Crippen molar-refractivity contribution in [2.24, 2.45) is 5.73 Å². The molecular weight excluding hydrogens is 338 g/mol. The fourth-order valence-electron chi connectivity index (χ4n) is 3.06. The van der Waals surface area contributed by atoms with E-state index < -0.39 is 5.91 Å². The number of carbonyl (C=O) groups excluding carboxylic acids is 1. The monoisotopic (exact) mass is 359 g/mol. The Labute approximate surface area is 152 Å². The van der Waals surface area contributed by atoms with Crippen LogP contribution in [0.5, 0.6) is 0 Å². The van der Waals surface area contributed by atoms with Crippen LogP contribution in [0.25, 0.3) is 0 Å². The van der Waals surface area contributed by atoms with Gasteiger partial charge in [-0.25, -0.2) is 9.97 Å². The second-order valence-corrected chi connectivity index (χ2v) is 6.82. The van der Waals surface area contributed by atoms with E-state index in [-0.39, 0.29) is 5.82 Å². The number of nitrogens with one attached hydrogen (secondary N) is 1. The van der Waals surface area contributed by atoms with Crippen LogP contribution >= 0.6 is 11.6 Å². The number of amides is 1. The zero-order valence-corrected chi connectivity index (χ0v) is 15.2. The molecule has 1 atom stereocenters. The van der Waals surface area contributed by atoms with Gasteiger partial charge in [0, 0.05) is 42.0 Å². The fraction of sp³-hybridized carbons (Fsp3) is 0.389. The lowest BCUT2D eigenvalue weighted by Gasteiger charge is -2.21. The van der Waals surface area contributed by atoms with Crippen molar-refractivity contribution in [2.45, 2.75) is 32.9 Å². The number of rotatable bonds is 5. The molecule has 25 heavy (non-hydrogen) atoms. The summed E-state index contributed by atoms with van der Waals surface area (Å²) in [6.07, 6.45) is 1.01. The van der Waals surface area contributed by atoms with Gasteiger partial charge in [0.2, 0.25) is 5.82 Å². The van der Waals surface area contributed by atoms with Crippen LogP contribution < -0.4 is 16.0 Å². The van der Waals surface area contributed by atoms with Crippen LogP contribution in [0.4, 0.5) is 5.82 Å². The highest BCUT2D eigenvalue weighted by Gasteiger charge is 2.26. The van der Waals surface area contributed by atoms with Gasteiger partial charge in [0.25, 0.3) is 5.91 Å². The van der Waals surface area contributed by atoms with Gasteiger partial charge in [0.15, 0.2) is 0 Å². The molecular formula is C18H22ClN5O. The maximum absolute atomic E-state index is 11.4. The third kappa shape index (κ3) is 4.08. The molecule has 1 fully saturated rings. The minimum atomic E-state index is -0.598. The van der Waals surface area contributed by atoms with E-state index in [4.69, 9.17) is 17.3 Å². The van der Waals surface area contributed by atoms with Crippen LogP contribution in [0, 0.1) is 13.8 Å². The lowest BCUT2D eigenvalue weighted by molar-refractivity contribution is 0.0990. The molecule has 1 saturated heterocycles. The van der Waals surface area contributed by atoms with E-state index >= 15 is 0 Å². The van der Waals surface area contributed by atoms with Crippen LogP contribution in [0.2, 0.25) is 5.02 Å². The molecule has 1 aromatic carbocycles. The molecule has 1 aliphatic rings. The number of nitrogens with two attached hydrogens (primary N) is 1. The van der Waals surface area contributed by atoms with E-state index in [1.165, 1.54) is 0 Å². The van der Waals surface area contributed by atoms with Gasteiger partial charge in [-0.1, -0.05) is 23.7 Å². The molecule has 0 unspecified atom stereocenters. The molecule has 3 rings (SSSR count). The Morgan fingerprint density at radius 2 is 2.20 bits per heavy atom. The Balaban J connectivity index is 1.67. The number of hydrogen-bond donors (Lipinski definition) is 2. The van der Waals surface area contributed by atoms with E-state index in [9.17, 15) is 4.79 Å². The summed E-state index contributed by atoms with van der Waals surface area (Å²) < 4.78 is 0. The van der Waals surface area contributed by atoms with Gasteiger partial charge < -0.3 is 16.0 Å². The highest BCUT2D eigenvalue weighted by Crippen LogP contribution is 2.24. The first-order valence-electron chi connectivity index (χ1n) is 8.32. The Hall–Kier alpha value is -2.18. The molecule has 0 bridgehead atoms. The van der Waals surface area contributed by atoms with Gasteiger partial charge in [-0.3, -0.25) is 4.79 Å². The number of anilines is 1. The van der Waals surface area contributed by atoms with E-state index in [0.717, 1.165) is 53.7 Å². The number of aromatic nitrogens is 2. The number of nitrogens with zero attached hydrogens (tertiary/aromatic N) is 3. The Morgan fingerprint density at radius 3 is 2.92 bits per heavy atom. The Bertz CT molecular complexity index is 795. The predicted molar refractivity (Wildman–Crippen MR) is 98.9 cm³/mol. The highest BCUT2D eigenvalue weighted by molar-refractivity contribution is 6.30. The van der Waals surface area contributed by atoms with Gasteiger partial charge in [-0.2, -0.15) is 0 Å². The normalized spacial score (nSPS) is 17.1. The molecule has 7 heteroatoms. The first-order chi connectivity index (χ1) is 11.9. The Kier molecular flexibility index (Phi) is 5.20. The number of halogens is 1. The van der Waals surface area contributed by atoms with Crippen molar-refractivity contribution in [1.82, 2.24) is 15.3 Å². The molecule has 1 aliphatic heterocycles. The van der Waals surface area contributed by atoms with Gasteiger partial charge in [-0.15, -0.1) is 0 Å². The molecule has 0 radical (unpaired) electrons. The van der Waals surface area contributed by atoms with Crippen molar-refractivity contribution in [2.75, 3.05) is 18.0 Å². The van der Waals surface area contributed by atoms with Crippen molar-refractivity contribution in [1.29, 1.82) is 0 Å². The van der Waals surface area contributed by atoms with Gasteiger partial charge in [0.05, 0.1) is 0 Å². The second kappa shape index (κ2) is 7.37.